The van der Waals surface area contributed by atoms with E-state index in [9.17, 15) is 13.2 Å². The van der Waals surface area contributed by atoms with Gasteiger partial charge in [0, 0.05) is 13.0 Å². The van der Waals surface area contributed by atoms with Crippen LogP contribution in [0.15, 0.2) is 0 Å². The Morgan fingerprint density at radius 1 is 1.32 bits per heavy atom. The number of carbonyl (C=O) groups is 1. The summed E-state index contributed by atoms with van der Waals surface area (Å²) in [5.41, 5.74) is 0. The van der Waals surface area contributed by atoms with Gasteiger partial charge in [0.2, 0.25) is 6.41 Å². The van der Waals surface area contributed by atoms with Crippen molar-refractivity contribution < 1.29 is 37.8 Å². The quantitative estimate of drug-likeness (QED) is 0.211. The molecule has 1 amide bonds. The first-order valence-electron chi connectivity index (χ1n) is 5.54. The van der Waals surface area contributed by atoms with Crippen LogP contribution in [0.4, 0.5) is 0 Å². The van der Waals surface area contributed by atoms with Gasteiger partial charge in [-0.25, -0.2) is 0 Å². The van der Waals surface area contributed by atoms with Gasteiger partial charge in [0.05, 0.1) is 18.5 Å². The fourth-order valence-corrected chi connectivity index (χ4v) is 1.71. The van der Waals surface area contributed by atoms with E-state index in [-0.39, 0.29) is 31.7 Å². The molecule has 0 bridgehead atoms. The van der Waals surface area contributed by atoms with Crippen LogP contribution in [0.2, 0.25) is 0 Å². The van der Waals surface area contributed by atoms with Gasteiger partial charge >= 0.3 is 0 Å². The van der Waals surface area contributed by atoms with Gasteiger partial charge in [-0.15, -0.1) is 0 Å². The molecule has 0 aromatic carbocycles. The largest absolute Gasteiger partial charge is 0.391 e. The number of rotatable bonds is 5. The fraction of sp³-hybridized carbons (Fsp3) is 0.889. The molecule has 0 radical (unpaired) electrons. The van der Waals surface area contributed by atoms with E-state index in [0.29, 0.717) is 6.41 Å². The van der Waals surface area contributed by atoms with Gasteiger partial charge in [0.1, 0.15) is 6.10 Å². The fourth-order valence-electron chi connectivity index (χ4n) is 1.20. The summed E-state index contributed by atoms with van der Waals surface area (Å²) in [7, 11) is -3.86. The van der Waals surface area contributed by atoms with Crippen LogP contribution in [-0.2, 0) is 19.6 Å². The molecule has 114 valence electrons. The molecule has 1 saturated heterocycles. The van der Waals surface area contributed by atoms with Gasteiger partial charge in [-0.3, -0.25) is 9.35 Å². The Kier molecular flexibility index (Phi) is 8.80. The van der Waals surface area contributed by atoms with Gasteiger partial charge < -0.3 is 25.4 Å². The van der Waals surface area contributed by atoms with E-state index in [1.54, 1.807) is 0 Å². The van der Waals surface area contributed by atoms with Crippen LogP contribution in [0.25, 0.3) is 0 Å². The molecule has 0 aliphatic carbocycles. The molecule has 3 unspecified atom stereocenters. The Balaban J connectivity index is 0.000000342. The summed E-state index contributed by atoms with van der Waals surface area (Å²) in [4.78, 5) is 9.61. The molecule has 1 aliphatic heterocycles. The zero-order chi connectivity index (χ0) is 14.9. The van der Waals surface area contributed by atoms with E-state index in [1.165, 1.54) is 0 Å². The van der Waals surface area contributed by atoms with Crippen LogP contribution in [0.1, 0.15) is 12.8 Å². The van der Waals surface area contributed by atoms with Crippen molar-refractivity contribution in [1.82, 2.24) is 5.32 Å². The smallest absolute Gasteiger partial charge is 0.264 e. The Labute approximate surface area is 110 Å². The predicted molar refractivity (Wildman–Crippen MR) is 63.7 cm³/mol. The molecule has 0 spiro atoms. The summed E-state index contributed by atoms with van der Waals surface area (Å²) in [5.74, 6) is -0.312. The van der Waals surface area contributed by atoms with Crippen LogP contribution in [0.3, 0.4) is 0 Å². The van der Waals surface area contributed by atoms with Crippen molar-refractivity contribution in [2.24, 2.45) is 0 Å². The van der Waals surface area contributed by atoms with E-state index in [0.717, 1.165) is 0 Å². The van der Waals surface area contributed by atoms with Crippen molar-refractivity contribution in [3.05, 3.63) is 0 Å². The van der Waals surface area contributed by atoms with Crippen molar-refractivity contribution >= 4 is 16.5 Å². The normalized spacial score (nSPS) is 27.1. The number of ether oxygens (including phenoxy) is 1. The summed E-state index contributed by atoms with van der Waals surface area (Å²) < 4.78 is 32.8. The molecule has 3 atom stereocenters. The number of hydrogen-bond acceptors (Lipinski definition) is 7. The van der Waals surface area contributed by atoms with Crippen LogP contribution >= 0.6 is 0 Å². The zero-order valence-electron chi connectivity index (χ0n) is 10.2. The minimum Gasteiger partial charge on any atom is -0.391 e. The SMILES string of the molecule is O=CNCCCS(=O)(=O)O.OC1COC(O)C(O)C1. The molecular formula is C9H19NO8S. The average Bonchev–Trinajstić information content (AvgIpc) is 2.30. The number of aliphatic hydroxyl groups excluding tert-OH is 3. The molecule has 1 heterocycles. The Bertz CT molecular complexity index is 346. The molecule has 19 heavy (non-hydrogen) atoms. The lowest BCUT2D eigenvalue weighted by Gasteiger charge is -2.26. The summed E-state index contributed by atoms with van der Waals surface area (Å²) in [6, 6.07) is 0. The third kappa shape index (κ3) is 10.8. The highest BCUT2D eigenvalue weighted by Crippen LogP contribution is 2.11. The van der Waals surface area contributed by atoms with Crippen LogP contribution in [0, 0.1) is 0 Å². The summed E-state index contributed by atoms with van der Waals surface area (Å²) in [6.07, 6.45) is -1.78. The van der Waals surface area contributed by atoms with Crippen molar-refractivity contribution in [2.75, 3.05) is 18.9 Å². The highest BCUT2D eigenvalue weighted by atomic mass is 32.2. The number of nitrogens with one attached hydrogen (secondary N) is 1. The van der Waals surface area contributed by atoms with Gasteiger partial charge in [-0.1, -0.05) is 0 Å². The molecule has 0 aromatic heterocycles. The third-order valence-corrected chi connectivity index (χ3v) is 2.91. The van der Waals surface area contributed by atoms with Crippen molar-refractivity contribution in [3.8, 4) is 0 Å². The predicted octanol–water partition coefficient (Wildman–Crippen LogP) is -2.54. The molecule has 0 aromatic rings. The first-order valence-corrected chi connectivity index (χ1v) is 7.15. The summed E-state index contributed by atoms with van der Waals surface area (Å²) in [6.45, 7) is 0.377. The second-order valence-electron chi connectivity index (χ2n) is 3.89. The lowest BCUT2D eigenvalue weighted by atomic mass is 10.1. The van der Waals surface area contributed by atoms with Gasteiger partial charge in [-0.2, -0.15) is 8.42 Å². The molecule has 10 heteroatoms. The van der Waals surface area contributed by atoms with E-state index in [2.05, 4.69) is 10.1 Å². The topological polar surface area (TPSA) is 153 Å². The number of carbonyl (C=O) groups excluding carboxylic acids is 1. The average molecular weight is 301 g/mol. The molecule has 1 fully saturated rings. The third-order valence-electron chi connectivity index (χ3n) is 2.11. The number of hydrogen-bond donors (Lipinski definition) is 5. The maximum absolute atomic E-state index is 10.0. The summed E-state index contributed by atoms with van der Waals surface area (Å²) in [5, 5.41) is 28.6. The second kappa shape index (κ2) is 9.18. The molecular weight excluding hydrogens is 282 g/mol. The molecule has 0 saturated carbocycles. The first kappa shape index (κ1) is 18.2. The van der Waals surface area contributed by atoms with Crippen molar-refractivity contribution in [2.45, 2.75) is 31.3 Å². The Morgan fingerprint density at radius 2 is 1.95 bits per heavy atom. The van der Waals surface area contributed by atoms with E-state index >= 15 is 0 Å². The van der Waals surface area contributed by atoms with Crippen molar-refractivity contribution in [1.29, 1.82) is 0 Å². The highest BCUT2D eigenvalue weighted by Gasteiger charge is 2.26. The monoisotopic (exact) mass is 301 g/mol. The lowest BCUT2D eigenvalue weighted by molar-refractivity contribution is -0.211. The Morgan fingerprint density at radius 3 is 2.37 bits per heavy atom. The molecule has 5 N–H and O–H groups in total. The zero-order valence-corrected chi connectivity index (χ0v) is 11.0. The number of amides is 1. The first-order chi connectivity index (χ1) is 8.76. The van der Waals surface area contributed by atoms with E-state index < -0.39 is 28.6 Å². The van der Waals surface area contributed by atoms with Crippen LogP contribution < -0.4 is 5.32 Å². The number of aliphatic hydroxyl groups is 3. The molecule has 1 aliphatic rings. The van der Waals surface area contributed by atoms with Crippen LogP contribution in [0.5, 0.6) is 0 Å². The molecule has 1 rings (SSSR count). The maximum atomic E-state index is 10.0. The maximum Gasteiger partial charge on any atom is 0.264 e. The second-order valence-corrected chi connectivity index (χ2v) is 5.46. The Hall–Kier alpha value is -0.780. The van der Waals surface area contributed by atoms with Crippen LogP contribution in [-0.4, -0.2) is 72.1 Å². The lowest BCUT2D eigenvalue weighted by Crippen LogP contribution is -2.40. The minimum atomic E-state index is -3.86. The van der Waals surface area contributed by atoms with Gasteiger partial charge in [0.15, 0.2) is 6.29 Å². The van der Waals surface area contributed by atoms with E-state index in [1.807, 2.05) is 0 Å². The minimum absolute atomic E-state index is 0.109. The summed E-state index contributed by atoms with van der Waals surface area (Å²) >= 11 is 0. The standard InChI is InChI=1S/C5H10O4.C4H9NO4S/c6-3-1-4(7)5(8)9-2-3;6-4-5-2-1-3-10(7,8)9/h3-8H,1-2H2;4H,1-3H2,(H,5,6)(H,7,8,9). The highest BCUT2D eigenvalue weighted by molar-refractivity contribution is 7.85. The van der Waals surface area contributed by atoms with Crippen molar-refractivity contribution in [3.63, 3.8) is 0 Å². The molecule has 9 nitrogen and oxygen atoms in total. The van der Waals surface area contributed by atoms with Gasteiger partial charge in [0.25, 0.3) is 10.1 Å². The van der Waals surface area contributed by atoms with Gasteiger partial charge in [-0.05, 0) is 6.42 Å². The van der Waals surface area contributed by atoms with E-state index in [4.69, 9.17) is 19.9 Å².